The number of aromatic amines is 1. The lowest BCUT2D eigenvalue weighted by atomic mass is 10.0. The van der Waals surface area contributed by atoms with E-state index in [4.69, 9.17) is 5.21 Å². The average molecular weight is 372 g/mol. The van der Waals surface area contributed by atoms with Crippen molar-refractivity contribution in [2.45, 2.75) is 26.8 Å². The zero-order valence-corrected chi connectivity index (χ0v) is 15.1. The number of H-pyrrole nitrogens is 1. The summed E-state index contributed by atoms with van der Waals surface area (Å²) >= 11 is 0. The van der Waals surface area contributed by atoms with Crippen LogP contribution >= 0.6 is 0 Å². The number of carbonyl (C=O) groups is 2. The van der Waals surface area contributed by atoms with Crippen molar-refractivity contribution in [1.29, 1.82) is 0 Å². The fraction of sp³-hybridized carbons (Fsp3) is 0.263. The third-order valence-electron chi connectivity index (χ3n) is 4.64. The maximum Gasteiger partial charge on any atom is 0.256 e. The van der Waals surface area contributed by atoms with Crippen molar-refractivity contribution in [3.63, 3.8) is 0 Å². The van der Waals surface area contributed by atoms with Crippen LogP contribution in [0.1, 0.15) is 34.5 Å². The predicted octanol–water partition coefficient (Wildman–Crippen LogP) is 2.25. The van der Waals surface area contributed by atoms with E-state index in [0.29, 0.717) is 29.9 Å². The molecule has 2 heterocycles. The summed E-state index contributed by atoms with van der Waals surface area (Å²) in [6, 6.07) is 4.21. The van der Waals surface area contributed by atoms with Crippen molar-refractivity contribution in [3.05, 3.63) is 52.1 Å². The third kappa shape index (κ3) is 3.91. The van der Waals surface area contributed by atoms with Crippen LogP contribution in [0.5, 0.6) is 0 Å². The largest absolute Gasteiger partial charge is 0.359 e. The minimum atomic E-state index is -0.450. The van der Waals surface area contributed by atoms with Crippen LogP contribution in [0.4, 0.5) is 10.1 Å². The van der Waals surface area contributed by atoms with E-state index < -0.39 is 11.7 Å². The highest BCUT2D eigenvalue weighted by molar-refractivity contribution is 6.34. The number of amides is 2. The quantitative estimate of drug-likeness (QED) is 0.232. The minimum Gasteiger partial charge on any atom is -0.359 e. The second-order valence-electron chi connectivity index (χ2n) is 6.43. The highest BCUT2D eigenvalue weighted by Crippen LogP contribution is 2.34. The molecule has 0 radical (unpaired) electrons. The van der Waals surface area contributed by atoms with Crippen molar-refractivity contribution in [1.82, 2.24) is 15.8 Å². The van der Waals surface area contributed by atoms with Gasteiger partial charge in [0.25, 0.3) is 5.91 Å². The average Bonchev–Trinajstić information content (AvgIpc) is 3.08. The molecule has 1 aromatic heterocycles. The van der Waals surface area contributed by atoms with Crippen LogP contribution in [-0.2, 0) is 16.1 Å². The molecule has 5 N–H and O–H groups in total. The smallest absolute Gasteiger partial charge is 0.256 e. The van der Waals surface area contributed by atoms with Gasteiger partial charge in [0, 0.05) is 42.1 Å². The number of rotatable bonds is 6. The molecule has 0 atom stereocenters. The molecule has 3 rings (SSSR count). The summed E-state index contributed by atoms with van der Waals surface area (Å²) in [5.74, 6) is -1.11. The van der Waals surface area contributed by atoms with Gasteiger partial charge < -0.3 is 15.6 Å². The van der Waals surface area contributed by atoms with E-state index in [9.17, 15) is 14.0 Å². The summed E-state index contributed by atoms with van der Waals surface area (Å²) in [6.07, 6.45) is 1.89. The summed E-state index contributed by atoms with van der Waals surface area (Å²) in [5.41, 5.74) is 6.86. The lowest BCUT2D eigenvalue weighted by Gasteiger charge is -2.05. The van der Waals surface area contributed by atoms with E-state index in [1.165, 1.54) is 12.1 Å². The molecule has 0 spiro atoms. The first kappa shape index (κ1) is 18.8. The number of hydrogen-bond acceptors (Lipinski definition) is 4. The highest BCUT2D eigenvalue weighted by atomic mass is 19.1. The van der Waals surface area contributed by atoms with Gasteiger partial charge in [-0.25, -0.2) is 9.87 Å². The number of nitrogens with one attached hydrogen (secondary N) is 4. The molecule has 1 aliphatic rings. The molecule has 0 unspecified atom stereocenters. The molecule has 2 amide bonds. The zero-order valence-electron chi connectivity index (χ0n) is 15.1. The maximum atomic E-state index is 13.6. The van der Waals surface area contributed by atoms with E-state index in [2.05, 4.69) is 15.6 Å². The summed E-state index contributed by atoms with van der Waals surface area (Å²) in [6.45, 7) is 4.82. The SMILES string of the molecule is Cc1[nH]c(C=C2C(=O)Nc3ccc(F)cc32)c(C)c1CNCCC(=O)NO. The molecule has 2 aromatic rings. The Hall–Kier alpha value is -2.97. The van der Waals surface area contributed by atoms with Gasteiger partial charge in [0.05, 0.1) is 5.57 Å². The van der Waals surface area contributed by atoms with Gasteiger partial charge in [0.1, 0.15) is 5.82 Å². The normalized spacial score (nSPS) is 14.4. The fourth-order valence-electron chi connectivity index (χ4n) is 3.14. The Labute approximate surface area is 155 Å². The van der Waals surface area contributed by atoms with Crippen molar-refractivity contribution < 1.29 is 19.2 Å². The number of hydroxylamine groups is 1. The first-order chi connectivity index (χ1) is 12.9. The first-order valence-electron chi connectivity index (χ1n) is 8.55. The summed E-state index contributed by atoms with van der Waals surface area (Å²) in [5, 5.41) is 14.4. The lowest BCUT2D eigenvalue weighted by Crippen LogP contribution is -2.25. The Balaban J connectivity index is 1.81. The van der Waals surface area contributed by atoms with Crippen LogP contribution in [-0.4, -0.2) is 28.6 Å². The maximum absolute atomic E-state index is 13.6. The number of halogens is 1. The lowest BCUT2D eigenvalue weighted by molar-refractivity contribution is -0.129. The molecular weight excluding hydrogens is 351 g/mol. The van der Waals surface area contributed by atoms with Crippen LogP contribution in [0.3, 0.4) is 0 Å². The second-order valence-corrected chi connectivity index (χ2v) is 6.43. The van der Waals surface area contributed by atoms with Gasteiger partial charge >= 0.3 is 0 Å². The molecule has 1 aliphatic heterocycles. The standard InChI is InChI=1S/C19H21FN4O3/c1-10-15(9-21-6-5-18(25)24-27)11(2)22-17(10)8-14-13-7-12(20)3-4-16(13)23-19(14)26/h3-4,7-8,21-22,27H,5-6,9H2,1-2H3,(H,23,26)(H,24,25). The highest BCUT2D eigenvalue weighted by Gasteiger charge is 2.25. The van der Waals surface area contributed by atoms with Crippen LogP contribution in [0.25, 0.3) is 11.6 Å². The van der Waals surface area contributed by atoms with Crippen molar-refractivity contribution in [2.24, 2.45) is 0 Å². The van der Waals surface area contributed by atoms with Gasteiger partial charge in [0.2, 0.25) is 5.91 Å². The Morgan fingerprint density at radius 1 is 1.33 bits per heavy atom. The monoisotopic (exact) mass is 372 g/mol. The van der Waals surface area contributed by atoms with Crippen LogP contribution in [0, 0.1) is 19.7 Å². The summed E-state index contributed by atoms with van der Waals surface area (Å²) < 4.78 is 13.6. The molecule has 0 aliphatic carbocycles. The van der Waals surface area contributed by atoms with E-state index in [1.54, 1.807) is 17.6 Å². The molecule has 0 fully saturated rings. The molecular formula is C19H21FN4O3. The van der Waals surface area contributed by atoms with Crippen LogP contribution in [0.2, 0.25) is 0 Å². The number of benzene rings is 1. The third-order valence-corrected chi connectivity index (χ3v) is 4.64. The summed E-state index contributed by atoms with van der Waals surface area (Å²) in [7, 11) is 0. The number of aromatic nitrogens is 1. The Kier molecular flexibility index (Phi) is 5.38. The minimum absolute atomic E-state index is 0.165. The number of anilines is 1. The first-order valence-corrected chi connectivity index (χ1v) is 8.55. The van der Waals surface area contributed by atoms with Gasteiger partial charge in [-0.1, -0.05) is 0 Å². The Morgan fingerprint density at radius 2 is 2.11 bits per heavy atom. The predicted molar refractivity (Wildman–Crippen MR) is 99.4 cm³/mol. The van der Waals surface area contributed by atoms with E-state index in [0.717, 1.165) is 22.5 Å². The molecule has 0 saturated heterocycles. The molecule has 8 heteroatoms. The van der Waals surface area contributed by atoms with Crippen LogP contribution in [0.15, 0.2) is 18.2 Å². The van der Waals surface area contributed by atoms with Gasteiger partial charge in [-0.05, 0) is 49.2 Å². The van der Waals surface area contributed by atoms with E-state index >= 15 is 0 Å². The van der Waals surface area contributed by atoms with Crippen molar-refractivity contribution >= 4 is 29.2 Å². The summed E-state index contributed by atoms with van der Waals surface area (Å²) in [4.78, 5) is 26.6. The topological polar surface area (TPSA) is 106 Å². The second kappa shape index (κ2) is 7.73. The van der Waals surface area contributed by atoms with Gasteiger partial charge in [-0.2, -0.15) is 0 Å². The van der Waals surface area contributed by atoms with Gasteiger partial charge in [0.15, 0.2) is 0 Å². The Morgan fingerprint density at radius 3 is 2.85 bits per heavy atom. The number of hydrogen-bond donors (Lipinski definition) is 5. The molecule has 0 bridgehead atoms. The van der Waals surface area contributed by atoms with E-state index in [-0.39, 0.29) is 12.3 Å². The molecule has 0 saturated carbocycles. The molecule has 1 aromatic carbocycles. The van der Waals surface area contributed by atoms with Gasteiger partial charge in [-0.15, -0.1) is 0 Å². The van der Waals surface area contributed by atoms with E-state index in [1.807, 2.05) is 13.8 Å². The fourth-order valence-corrected chi connectivity index (χ4v) is 3.14. The van der Waals surface area contributed by atoms with Crippen molar-refractivity contribution in [2.75, 3.05) is 11.9 Å². The molecule has 27 heavy (non-hydrogen) atoms. The number of carbonyl (C=O) groups excluding carboxylic acids is 2. The number of aryl methyl sites for hydroxylation is 1. The zero-order chi connectivity index (χ0) is 19.6. The Bertz CT molecular complexity index is 933. The molecule has 7 nitrogen and oxygen atoms in total. The van der Waals surface area contributed by atoms with Crippen molar-refractivity contribution in [3.8, 4) is 0 Å². The van der Waals surface area contributed by atoms with Crippen LogP contribution < -0.4 is 16.1 Å². The van der Waals surface area contributed by atoms with Gasteiger partial charge in [-0.3, -0.25) is 14.8 Å². The number of fused-ring (bicyclic) bond motifs is 1. The molecule has 142 valence electrons.